The first kappa shape index (κ1) is 13.2. The number of carbonyl (C=O) groups excluding carboxylic acids is 1. The predicted molar refractivity (Wildman–Crippen MR) is 70.0 cm³/mol. The van der Waals surface area contributed by atoms with Gasteiger partial charge < -0.3 is 0 Å². The van der Waals surface area contributed by atoms with Gasteiger partial charge in [-0.15, -0.1) is 5.10 Å². The molecule has 1 fully saturated rings. The topological polar surface area (TPSA) is 47.8 Å². The van der Waals surface area contributed by atoms with Crippen molar-refractivity contribution in [3.05, 3.63) is 11.9 Å². The van der Waals surface area contributed by atoms with E-state index < -0.39 is 0 Å². The summed E-state index contributed by atoms with van der Waals surface area (Å²) in [7, 11) is 1.87. The van der Waals surface area contributed by atoms with Crippen molar-refractivity contribution in [3.63, 3.8) is 0 Å². The van der Waals surface area contributed by atoms with Crippen LogP contribution < -0.4 is 0 Å². The van der Waals surface area contributed by atoms with E-state index in [0.29, 0.717) is 11.7 Å². The summed E-state index contributed by atoms with van der Waals surface area (Å²) in [6.45, 7) is 6.53. The van der Waals surface area contributed by atoms with E-state index in [9.17, 15) is 4.79 Å². The van der Waals surface area contributed by atoms with Crippen LogP contribution in [0, 0.1) is 17.3 Å². The lowest BCUT2D eigenvalue weighted by molar-refractivity contribution is -0.129. The highest BCUT2D eigenvalue weighted by molar-refractivity contribution is 5.82. The van der Waals surface area contributed by atoms with Gasteiger partial charge in [-0.3, -0.25) is 9.48 Å². The molecule has 1 saturated carbocycles. The van der Waals surface area contributed by atoms with Crippen LogP contribution in [-0.2, 0) is 18.3 Å². The average Bonchev–Trinajstić information content (AvgIpc) is 2.62. The van der Waals surface area contributed by atoms with Crippen LogP contribution in [0.2, 0.25) is 0 Å². The molecule has 1 aliphatic carbocycles. The summed E-state index contributed by atoms with van der Waals surface area (Å²) < 4.78 is 1.72. The zero-order valence-corrected chi connectivity index (χ0v) is 11.8. The zero-order chi connectivity index (χ0) is 13.3. The summed E-state index contributed by atoms with van der Waals surface area (Å²) in [5, 5.41) is 8.10. The highest BCUT2D eigenvalue weighted by atomic mass is 16.1. The fourth-order valence-corrected chi connectivity index (χ4v) is 3.09. The first-order valence-electron chi connectivity index (χ1n) is 6.76. The van der Waals surface area contributed by atoms with Crippen molar-refractivity contribution in [1.29, 1.82) is 0 Å². The van der Waals surface area contributed by atoms with Gasteiger partial charge >= 0.3 is 0 Å². The predicted octanol–water partition coefficient (Wildman–Crippen LogP) is 2.39. The SMILES string of the molecule is CC1CCC(C(C)(C)Cc2cn(C)nn2)C(=O)C1. The summed E-state index contributed by atoms with van der Waals surface area (Å²) in [6, 6.07) is 0. The summed E-state index contributed by atoms with van der Waals surface area (Å²) in [6.07, 6.45) is 5.70. The van der Waals surface area contributed by atoms with E-state index in [4.69, 9.17) is 0 Å². The van der Waals surface area contributed by atoms with Gasteiger partial charge in [0, 0.05) is 25.6 Å². The fraction of sp³-hybridized carbons (Fsp3) is 0.786. The molecule has 100 valence electrons. The van der Waals surface area contributed by atoms with Crippen LogP contribution in [-0.4, -0.2) is 20.8 Å². The van der Waals surface area contributed by atoms with Gasteiger partial charge in [0.1, 0.15) is 5.78 Å². The average molecular weight is 249 g/mol. The molecule has 0 saturated heterocycles. The summed E-state index contributed by atoms with van der Waals surface area (Å²) >= 11 is 0. The largest absolute Gasteiger partial charge is 0.299 e. The normalized spacial score (nSPS) is 25.4. The van der Waals surface area contributed by atoms with Gasteiger partial charge in [0.25, 0.3) is 0 Å². The van der Waals surface area contributed by atoms with Crippen molar-refractivity contribution in [2.75, 3.05) is 0 Å². The van der Waals surface area contributed by atoms with Crippen LogP contribution in [0.3, 0.4) is 0 Å². The van der Waals surface area contributed by atoms with Gasteiger partial charge in [-0.25, -0.2) is 0 Å². The molecule has 0 aromatic carbocycles. The van der Waals surface area contributed by atoms with E-state index in [1.165, 1.54) is 6.42 Å². The molecule has 18 heavy (non-hydrogen) atoms. The molecule has 2 unspecified atom stereocenters. The molecule has 1 aromatic rings. The lowest BCUT2D eigenvalue weighted by Crippen LogP contribution is -2.36. The third kappa shape index (κ3) is 2.79. The molecule has 1 aromatic heterocycles. The number of aryl methyl sites for hydroxylation is 1. The number of ketones is 1. The number of carbonyl (C=O) groups is 1. The molecule has 4 nitrogen and oxygen atoms in total. The molecule has 0 spiro atoms. The van der Waals surface area contributed by atoms with E-state index in [-0.39, 0.29) is 11.3 Å². The number of rotatable bonds is 3. The summed E-state index contributed by atoms with van der Waals surface area (Å²) in [5.41, 5.74) is 0.960. The summed E-state index contributed by atoms with van der Waals surface area (Å²) in [5.74, 6) is 1.17. The van der Waals surface area contributed by atoms with E-state index in [0.717, 1.165) is 25.0 Å². The minimum absolute atomic E-state index is 0.0206. The molecule has 4 heteroatoms. The van der Waals surface area contributed by atoms with E-state index in [1.54, 1.807) is 4.68 Å². The molecule has 0 N–H and O–H groups in total. The third-order valence-corrected chi connectivity index (χ3v) is 4.12. The van der Waals surface area contributed by atoms with Crippen molar-refractivity contribution >= 4 is 5.78 Å². The first-order valence-corrected chi connectivity index (χ1v) is 6.76. The second-order valence-electron chi connectivity index (χ2n) is 6.45. The first-order chi connectivity index (χ1) is 8.38. The Hall–Kier alpha value is -1.19. The van der Waals surface area contributed by atoms with Gasteiger partial charge in [0.15, 0.2) is 0 Å². The second-order valence-corrected chi connectivity index (χ2v) is 6.45. The Morgan fingerprint density at radius 1 is 1.44 bits per heavy atom. The Labute approximate surface area is 109 Å². The monoisotopic (exact) mass is 249 g/mol. The molecule has 1 aliphatic rings. The van der Waals surface area contributed by atoms with Gasteiger partial charge in [-0.05, 0) is 30.6 Å². The van der Waals surface area contributed by atoms with Crippen molar-refractivity contribution < 1.29 is 4.79 Å². The van der Waals surface area contributed by atoms with E-state index >= 15 is 0 Å². The smallest absolute Gasteiger partial charge is 0.136 e. The lowest BCUT2D eigenvalue weighted by atomic mass is 9.66. The number of hydrogen-bond donors (Lipinski definition) is 0. The maximum atomic E-state index is 12.2. The van der Waals surface area contributed by atoms with Crippen molar-refractivity contribution in [2.45, 2.75) is 46.5 Å². The Kier molecular flexibility index (Phi) is 3.55. The second kappa shape index (κ2) is 4.82. The Morgan fingerprint density at radius 2 is 2.17 bits per heavy atom. The maximum Gasteiger partial charge on any atom is 0.136 e. The lowest BCUT2D eigenvalue weighted by Gasteiger charge is -2.37. The maximum absolute atomic E-state index is 12.2. The minimum Gasteiger partial charge on any atom is -0.299 e. The highest BCUT2D eigenvalue weighted by Crippen LogP contribution is 2.39. The minimum atomic E-state index is -0.0206. The quantitative estimate of drug-likeness (QED) is 0.826. The van der Waals surface area contributed by atoms with Crippen LogP contribution in [0.1, 0.15) is 45.7 Å². The van der Waals surface area contributed by atoms with Crippen molar-refractivity contribution in [3.8, 4) is 0 Å². The molecule has 2 rings (SSSR count). The number of hydrogen-bond acceptors (Lipinski definition) is 3. The molecular weight excluding hydrogens is 226 g/mol. The molecule has 0 bridgehead atoms. The zero-order valence-electron chi connectivity index (χ0n) is 11.8. The number of aromatic nitrogens is 3. The molecule has 2 atom stereocenters. The van der Waals surface area contributed by atoms with Crippen molar-refractivity contribution in [2.24, 2.45) is 24.3 Å². The number of Topliss-reactive ketones (excluding diaryl/α,β-unsaturated/α-hetero) is 1. The van der Waals surface area contributed by atoms with Crippen LogP contribution in [0.15, 0.2) is 6.20 Å². The molecule has 0 radical (unpaired) electrons. The van der Waals surface area contributed by atoms with Crippen LogP contribution in [0.5, 0.6) is 0 Å². The Balaban J connectivity index is 2.08. The fourth-order valence-electron chi connectivity index (χ4n) is 3.09. The van der Waals surface area contributed by atoms with Crippen LogP contribution in [0.25, 0.3) is 0 Å². The summed E-state index contributed by atoms with van der Waals surface area (Å²) in [4.78, 5) is 12.2. The number of nitrogens with zero attached hydrogens (tertiary/aromatic N) is 3. The van der Waals surface area contributed by atoms with Gasteiger partial charge in [-0.2, -0.15) is 0 Å². The van der Waals surface area contributed by atoms with Crippen LogP contribution >= 0.6 is 0 Å². The van der Waals surface area contributed by atoms with Gasteiger partial charge in [0.05, 0.1) is 5.69 Å². The Morgan fingerprint density at radius 3 is 2.72 bits per heavy atom. The molecular formula is C14H23N3O. The third-order valence-electron chi connectivity index (χ3n) is 4.12. The molecule has 0 amide bonds. The van der Waals surface area contributed by atoms with Crippen molar-refractivity contribution in [1.82, 2.24) is 15.0 Å². The Bertz CT molecular complexity index is 436. The van der Waals surface area contributed by atoms with Gasteiger partial charge in [0.2, 0.25) is 0 Å². The molecule has 0 aliphatic heterocycles. The van der Waals surface area contributed by atoms with E-state index in [1.807, 2.05) is 13.2 Å². The van der Waals surface area contributed by atoms with Crippen LogP contribution in [0.4, 0.5) is 0 Å². The van der Waals surface area contributed by atoms with Gasteiger partial charge in [-0.1, -0.05) is 26.0 Å². The highest BCUT2D eigenvalue weighted by Gasteiger charge is 2.38. The molecule has 1 heterocycles. The standard InChI is InChI=1S/C14H23N3O/c1-10-5-6-12(13(18)7-10)14(2,3)8-11-9-17(4)16-15-11/h9-10,12H,5-8H2,1-4H3. The van der Waals surface area contributed by atoms with E-state index in [2.05, 4.69) is 31.1 Å².